The van der Waals surface area contributed by atoms with Gasteiger partial charge in [0, 0.05) is 15.3 Å². The Kier molecular flexibility index (Phi) is 3.77. The highest BCUT2D eigenvalue weighted by atomic mass is 79.9. The maximum Gasteiger partial charge on any atom is 0.127 e. The predicted octanol–water partition coefficient (Wildman–Crippen LogP) is 4.87. The van der Waals surface area contributed by atoms with Crippen LogP contribution in [-0.2, 0) is 6.42 Å². The van der Waals surface area contributed by atoms with Crippen LogP contribution in [0.25, 0.3) is 0 Å². The third-order valence-electron chi connectivity index (χ3n) is 2.45. The summed E-state index contributed by atoms with van der Waals surface area (Å²) in [5, 5.41) is 2.04. The molecule has 84 valence electrons. The molecule has 0 saturated carbocycles. The Labute approximate surface area is 107 Å². The van der Waals surface area contributed by atoms with Crippen LogP contribution in [0.2, 0.25) is 0 Å². The van der Waals surface area contributed by atoms with E-state index in [4.69, 9.17) is 0 Å². The van der Waals surface area contributed by atoms with Gasteiger partial charge in [-0.25, -0.2) is 4.39 Å². The van der Waals surface area contributed by atoms with Crippen LogP contribution < -0.4 is 0 Å². The highest BCUT2D eigenvalue weighted by Gasteiger charge is 2.13. The number of benzene rings is 1. The number of rotatable bonds is 3. The Morgan fingerprint density at radius 2 is 2.19 bits per heavy atom. The van der Waals surface area contributed by atoms with E-state index < -0.39 is 0 Å². The largest absolute Gasteiger partial charge is 0.207 e. The van der Waals surface area contributed by atoms with Gasteiger partial charge in [-0.05, 0) is 36.4 Å². The zero-order valence-electron chi connectivity index (χ0n) is 8.91. The Hall–Kier alpha value is -0.670. The van der Waals surface area contributed by atoms with Crippen molar-refractivity contribution in [1.82, 2.24) is 0 Å². The monoisotopic (exact) mass is 298 g/mol. The van der Waals surface area contributed by atoms with E-state index in [0.717, 1.165) is 17.5 Å². The summed E-state index contributed by atoms with van der Waals surface area (Å²) in [4.78, 5) is 1.31. The minimum Gasteiger partial charge on any atom is -0.207 e. The predicted molar refractivity (Wildman–Crippen MR) is 70.8 cm³/mol. The van der Waals surface area contributed by atoms with Crippen LogP contribution in [0.15, 0.2) is 35.7 Å². The molecule has 0 aliphatic heterocycles. The van der Waals surface area contributed by atoms with E-state index in [-0.39, 0.29) is 10.6 Å². The summed E-state index contributed by atoms with van der Waals surface area (Å²) in [5.74, 6) is -0.126. The van der Waals surface area contributed by atoms with Crippen LogP contribution in [0, 0.1) is 12.7 Å². The summed E-state index contributed by atoms with van der Waals surface area (Å²) >= 11 is 5.25. The molecule has 0 nitrogen and oxygen atoms in total. The van der Waals surface area contributed by atoms with Crippen molar-refractivity contribution in [2.24, 2.45) is 0 Å². The molecule has 0 amide bonds. The summed E-state index contributed by atoms with van der Waals surface area (Å²) in [6, 6.07) is 9.48. The fraction of sp³-hybridized carbons (Fsp3) is 0.231. The van der Waals surface area contributed by atoms with E-state index in [2.05, 4.69) is 22.0 Å². The number of halogens is 2. The molecule has 16 heavy (non-hydrogen) atoms. The molecule has 1 heterocycles. The minimum atomic E-state index is -0.126. The SMILES string of the molecule is Cc1ccc(C(Br)Cc2cccs2)c(F)c1. The molecule has 1 unspecified atom stereocenters. The lowest BCUT2D eigenvalue weighted by Crippen LogP contribution is -1.97. The maximum absolute atomic E-state index is 13.7. The number of thiophene rings is 1. The summed E-state index contributed by atoms with van der Waals surface area (Å²) in [6.45, 7) is 1.90. The second-order valence-electron chi connectivity index (χ2n) is 3.78. The lowest BCUT2D eigenvalue weighted by molar-refractivity contribution is 0.607. The van der Waals surface area contributed by atoms with Crippen LogP contribution in [-0.4, -0.2) is 0 Å². The van der Waals surface area contributed by atoms with Crippen LogP contribution in [0.3, 0.4) is 0 Å². The molecule has 0 aliphatic rings. The molecule has 0 radical (unpaired) electrons. The standard InChI is InChI=1S/C13H12BrFS/c1-9-4-5-11(13(15)7-9)12(14)8-10-3-2-6-16-10/h2-7,12H,8H2,1H3. The minimum absolute atomic E-state index is 0.0479. The van der Waals surface area contributed by atoms with Crippen LogP contribution in [0.5, 0.6) is 0 Å². The number of hydrogen-bond donors (Lipinski definition) is 0. The third kappa shape index (κ3) is 2.71. The van der Waals surface area contributed by atoms with E-state index in [1.54, 1.807) is 17.4 Å². The van der Waals surface area contributed by atoms with Crippen molar-refractivity contribution in [2.45, 2.75) is 18.2 Å². The molecule has 2 rings (SSSR count). The van der Waals surface area contributed by atoms with E-state index in [9.17, 15) is 4.39 Å². The molecular weight excluding hydrogens is 287 g/mol. The van der Waals surface area contributed by atoms with E-state index in [0.29, 0.717) is 0 Å². The zero-order chi connectivity index (χ0) is 11.5. The summed E-state index contributed by atoms with van der Waals surface area (Å²) < 4.78 is 13.7. The van der Waals surface area contributed by atoms with Crippen molar-refractivity contribution >= 4 is 27.3 Å². The molecular formula is C13H12BrFS. The second kappa shape index (κ2) is 5.11. The van der Waals surface area contributed by atoms with Crippen molar-refractivity contribution in [1.29, 1.82) is 0 Å². The van der Waals surface area contributed by atoms with Gasteiger partial charge >= 0.3 is 0 Å². The number of hydrogen-bond acceptors (Lipinski definition) is 1. The summed E-state index contributed by atoms with van der Waals surface area (Å²) in [5.41, 5.74) is 1.69. The van der Waals surface area contributed by atoms with Crippen LogP contribution in [0.1, 0.15) is 20.8 Å². The molecule has 2 aromatic rings. The van der Waals surface area contributed by atoms with Gasteiger partial charge in [-0.1, -0.05) is 34.1 Å². The van der Waals surface area contributed by atoms with Gasteiger partial charge in [-0.2, -0.15) is 0 Å². The fourth-order valence-electron chi connectivity index (χ4n) is 1.60. The maximum atomic E-state index is 13.7. The molecule has 0 saturated heterocycles. The molecule has 3 heteroatoms. The lowest BCUT2D eigenvalue weighted by Gasteiger charge is -2.10. The molecule has 1 aromatic heterocycles. The van der Waals surface area contributed by atoms with Gasteiger partial charge in [0.2, 0.25) is 0 Å². The van der Waals surface area contributed by atoms with Crippen molar-refractivity contribution in [3.63, 3.8) is 0 Å². The normalized spacial score (nSPS) is 12.7. The Bertz CT molecular complexity index is 465. The molecule has 0 aliphatic carbocycles. The quantitative estimate of drug-likeness (QED) is 0.709. The average molecular weight is 299 g/mol. The number of aryl methyl sites for hydroxylation is 1. The van der Waals surface area contributed by atoms with Crippen molar-refractivity contribution in [3.8, 4) is 0 Å². The van der Waals surface area contributed by atoms with Gasteiger partial charge in [0.15, 0.2) is 0 Å². The van der Waals surface area contributed by atoms with Gasteiger partial charge in [0.25, 0.3) is 0 Å². The first kappa shape index (κ1) is 11.8. The molecule has 0 bridgehead atoms. The highest BCUT2D eigenvalue weighted by molar-refractivity contribution is 9.09. The molecule has 0 N–H and O–H groups in total. The summed E-state index contributed by atoms with van der Waals surface area (Å²) in [6.07, 6.45) is 0.831. The Morgan fingerprint density at radius 3 is 2.81 bits per heavy atom. The van der Waals surface area contributed by atoms with Gasteiger partial charge in [-0.15, -0.1) is 11.3 Å². The van der Waals surface area contributed by atoms with E-state index in [1.165, 1.54) is 4.88 Å². The first-order chi connectivity index (χ1) is 7.66. The number of alkyl halides is 1. The topological polar surface area (TPSA) is 0 Å². The molecule has 1 atom stereocenters. The first-order valence-electron chi connectivity index (χ1n) is 5.09. The van der Waals surface area contributed by atoms with Crippen molar-refractivity contribution in [3.05, 3.63) is 57.5 Å². The van der Waals surface area contributed by atoms with Crippen LogP contribution in [0.4, 0.5) is 4.39 Å². The highest BCUT2D eigenvalue weighted by Crippen LogP contribution is 2.30. The van der Waals surface area contributed by atoms with Gasteiger partial charge < -0.3 is 0 Å². The summed E-state index contributed by atoms with van der Waals surface area (Å²) in [7, 11) is 0. The third-order valence-corrected chi connectivity index (χ3v) is 4.17. The lowest BCUT2D eigenvalue weighted by atomic mass is 10.1. The first-order valence-corrected chi connectivity index (χ1v) is 6.89. The second-order valence-corrected chi connectivity index (χ2v) is 5.91. The van der Waals surface area contributed by atoms with E-state index >= 15 is 0 Å². The van der Waals surface area contributed by atoms with Gasteiger partial charge in [0.1, 0.15) is 5.82 Å². The van der Waals surface area contributed by atoms with Gasteiger partial charge in [-0.3, -0.25) is 0 Å². The van der Waals surface area contributed by atoms with Crippen LogP contribution >= 0.6 is 27.3 Å². The van der Waals surface area contributed by atoms with Gasteiger partial charge in [0.05, 0.1) is 0 Å². The Balaban J connectivity index is 2.17. The van der Waals surface area contributed by atoms with Crippen molar-refractivity contribution < 1.29 is 4.39 Å². The average Bonchev–Trinajstić information content (AvgIpc) is 2.70. The smallest absolute Gasteiger partial charge is 0.127 e. The van der Waals surface area contributed by atoms with E-state index in [1.807, 2.05) is 30.5 Å². The molecule has 0 spiro atoms. The fourth-order valence-corrected chi connectivity index (χ4v) is 3.29. The van der Waals surface area contributed by atoms with Crippen molar-refractivity contribution in [2.75, 3.05) is 0 Å². The Morgan fingerprint density at radius 1 is 1.38 bits per heavy atom. The molecule has 1 aromatic carbocycles. The zero-order valence-corrected chi connectivity index (χ0v) is 11.3. The molecule has 0 fully saturated rings.